The highest BCUT2D eigenvalue weighted by Gasteiger charge is 2.15. The average molecular weight is 388 g/mol. The minimum absolute atomic E-state index is 0.0650. The van der Waals surface area contributed by atoms with Gasteiger partial charge in [-0.1, -0.05) is 11.8 Å². The van der Waals surface area contributed by atoms with E-state index in [0.717, 1.165) is 35.5 Å². The van der Waals surface area contributed by atoms with E-state index in [9.17, 15) is 19.3 Å². The molecule has 138 valence electrons. The zero-order chi connectivity index (χ0) is 19.4. The van der Waals surface area contributed by atoms with Crippen molar-refractivity contribution in [3.8, 4) is 11.4 Å². The molecule has 0 aliphatic rings. The van der Waals surface area contributed by atoms with E-state index >= 15 is 0 Å². The summed E-state index contributed by atoms with van der Waals surface area (Å²) in [5.41, 5.74) is 0.273. The van der Waals surface area contributed by atoms with Crippen LogP contribution < -0.4 is 5.32 Å². The first-order valence-electron chi connectivity index (χ1n) is 7.62. The summed E-state index contributed by atoms with van der Waals surface area (Å²) in [4.78, 5) is 26.1. The molecular weight excluding hydrogens is 375 g/mol. The molecule has 0 spiro atoms. The van der Waals surface area contributed by atoms with Gasteiger partial charge in [0.15, 0.2) is 11.0 Å². The van der Waals surface area contributed by atoms with E-state index in [1.54, 1.807) is 36.1 Å². The summed E-state index contributed by atoms with van der Waals surface area (Å²) >= 11 is 1.11. The van der Waals surface area contributed by atoms with Gasteiger partial charge in [0.1, 0.15) is 5.82 Å². The Morgan fingerprint density at radius 3 is 2.74 bits per heavy atom. The molecule has 11 heteroatoms. The van der Waals surface area contributed by atoms with E-state index in [-0.39, 0.29) is 17.1 Å². The van der Waals surface area contributed by atoms with Crippen molar-refractivity contribution in [2.24, 2.45) is 7.05 Å². The van der Waals surface area contributed by atoms with Gasteiger partial charge in [0.25, 0.3) is 5.69 Å². The number of hydrogen-bond donors (Lipinski definition) is 1. The van der Waals surface area contributed by atoms with Gasteiger partial charge in [-0.2, -0.15) is 0 Å². The lowest BCUT2D eigenvalue weighted by molar-refractivity contribution is -0.384. The van der Waals surface area contributed by atoms with Crippen molar-refractivity contribution in [1.29, 1.82) is 0 Å². The molecule has 1 N–H and O–H groups in total. The molecule has 0 saturated heterocycles. The van der Waals surface area contributed by atoms with E-state index in [2.05, 4.69) is 20.5 Å². The largest absolute Gasteiger partial charge is 0.323 e. The van der Waals surface area contributed by atoms with Gasteiger partial charge in [0.05, 0.1) is 16.4 Å². The third-order valence-corrected chi connectivity index (χ3v) is 4.56. The van der Waals surface area contributed by atoms with Crippen molar-refractivity contribution >= 4 is 29.0 Å². The number of aromatic nitrogens is 4. The molecule has 1 aromatic carbocycles. The lowest BCUT2D eigenvalue weighted by Gasteiger charge is -2.06. The Hall–Kier alpha value is -3.34. The van der Waals surface area contributed by atoms with Crippen LogP contribution in [0.4, 0.5) is 15.8 Å². The molecule has 2 heterocycles. The number of amides is 1. The highest BCUT2D eigenvalue weighted by molar-refractivity contribution is 7.99. The van der Waals surface area contributed by atoms with Crippen molar-refractivity contribution < 1.29 is 14.1 Å². The number of halogens is 1. The predicted molar refractivity (Wildman–Crippen MR) is 96.6 cm³/mol. The quantitative estimate of drug-likeness (QED) is 0.392. The molecule has 0 saturated carbocycles. The van der Waals surface area contributed by atoms with E-state index in [1.165, 1.54) is 0 Å². The number of rotatable bonds is 6. The van der Waals surface area contributed by atoms with Crippen LogP contribution in [0.3, 0.4) is 0 Å². The molecule has 0 bridgehead atoms. The summed E-state index contributed by atoms with van der Waals surface area (Å²) in [5, 5.41) is 21.7. The van der Waals surface area contributed by atoms with Gasteiger partial charge in [0.2, 0.25) is 5.91 Å². The Morgan fingerprint density at radius 2 is 2.04 bits per heavy atom. The van der Waals surface area contributed by atoms with E-state index in [4.69, 9.17) is 0 Å². The van der Waals surface area contributed by atoms with Crippen LogP contribution in [0.1, 0.15) is 0 Å². The second-order valence-electron chi connectivity index (χ2n) is 5.36. The first kappa shape index (κ1) is 18.5. The number of pyridine rings is 1. The first-order valence-corrected chi connectivity index (χ1v) is 8.60. The van der Waals surface area contributed by atoms with Crippen LogP contribution in [-0.4, -0.2) is 36.3 Å². The normalized spacial score (nSPS) is 10.6. The summed E-state index contributed by atoms with van der Waals surface area (Å²) in [6, 6.07) is 6.51. The number of nitrogens with one attached hydrogen (secondary N) is 1. The predicted octanol–water partition coefficient (Wildman–Crippen LogP) is 2.66. The number of nitro groups is 1. The first-order chi connectivity index (χ1) is 13.0. The fraction of sp³-hybridized carbons (Fsp3) is 0.125. The van der Waals surface area contributed by atoms with Crippen molar-refractivity contribution in [2.45, 2.75) is 5.16 Å². The molecular formula is C16H13FN6O3S. The zero-order valence-electron chi connectivity index (χ0n) is 14.0. The van der Waals surface area contributed by atoms with Crippen molar-refractivity contribution in [3.05, 3.63) is 58.7 Å². The smallest absolute Gasteiger partial charge is 0.271 e. The number of non-ortho nitro benzene ring substituents is 1. The number of carbonyl (C=O) groups is 1. The molecule has 2 aromatic heterocycles. The van der Waals surface area contributed by atoms with Crippen molar-refractivity contribution in [1.82, 2.24) is 19.7 Å². The van der Waals surface area contributed by atoms with Crippen LogP contribution in [0.25, 0.3) is 11.4 Å². The molecule has 27 heavy (non-hydrogen) atoms. The lowest BCUT2D eigenvalue weighted by atomic mass is 10.2. The standard InChI is InChI=1S/C16H13FN6O3S/c1-22-15(10-4-6-18-7-5-10)20-21-16(22)27-9-14(24)19-13-8-11(23(25)26)2-3-12(13)17/h2-8H,9H2,1H3,(H,19,24). The molecule has 3 aromatic rings. The average Bonchev–Trinajstić information content (AvgIpc) is 3.03. The number of benzene rings is 1. The summed E-state index contributed by atoms with van der Waals surface area (Å²) in [6.45, 7) is 0. The van der Waals surface area contributed by atoms with Gasteiger partial charge < -0.3 is 9.88 Å². The SMILES string of the molecule is Cn1c(SCC(=O)Nc2cc([N+](=O)[O-])ccc2F)nnc1-c1ccncc1. The number of carbonyl (C=O) groups excluding carboxylic acids is 1. The molecule has 0 radical (unpaired) electrons. The van der Waals surface area contributed by atoms with E-state index in [1.807, 2.05) is 0 Å². The topological polar surface area (TPSA) is 116 Å². The van der Waals surface area contributed by atoms with Crippen LogP contribution in [-0.2, 0) is 11.8 Å². The maximum atomic E-state index is 13.7. The summed E-state index contributed by atoms with van der Waals surface area (Å²) < 4.78 is 15.5. The third-order valence-electron chi connectivity index (χ3n) is 3.54. The van der Waals surface area contributed by atoms with Gasteiger partial charge in [0, 0.05) is 37.1 Å². The molecule has 0 aliphatic carbocycles. The lowest BCUT2D eigenvalue weighted by Crippen LogP contribution is -2.15. The van der Waals surface area contributed by atoms with Crippen LogP contribution in [0, 0.1) is 15.9 Å². The minimum Gasteiger partial charge on any atom is -0.323 e. The second kappa shape index (κ2) is 7.91. The van der Waals surface area contributed by atoms with Crippen LogP contribution in [0.2, 0.25) is 0 Å². The Labute approximate surface area is 156 Å². The molecule has 9 nitrogen and oxygen atoms in total. The van der Waals surface area contributed by atoms with Crippen molar-refractivity contribution in [2.75, 3.05) is 11.1 Å². The number of nitrogens with zero attached hydrogens (tertiary/aromatic N) is 5. The Balaban J connectivity index is 1.66. The van der Waals surface area contributed by atoms with Crippen LogP contribution in [0.15, 0.2) is 47.9 Å². The highest BCUT2D eigenvalue weighted by Crippen LogP contribution is 2.24. The third kappa shape index (κ3) is 4.26. The number of anilines is 1. The zero-order valence-corrected chi connectivity index (χ0v) is 14.8. The Bertz CT molecular complexity index is 995. The molecule has 0 fully saturated rings. The maximum absolute atomic E-state index is 13.7. The second-order valence-corrected chi connectivity index (χ2v) is 6.30. The van der Waals surface area contributed by atoms with Gasteiger partial charge in [-0.3, -0.25) is 19.9 Å². The number of nitro benzene ring substituents is 1. The molecule has 0 unspecified atom stereocenters. The summed E-state index contributed by atoms with van der Waals surface area (Å²) in [6.07, 6.45) is 3.27. The maximum Gasteiger partial charge on any atom is 0.271 e. The van der Waals surface area contributed by atoms with Gasteiger partial charge in [-0.05, 0) is 18.2 Å². The van der Waals surface area contributed by atoms with E-state index in [0.29, 0.717) is 11.0 Å². The van der Waals surface area contributed by atoms with Crippen LogP contribution >= 0.6 is 11.8 Å². The molecule has 0 aliphatic heterocycles. The fourth-order valence-electron chi connectivity index (χ4n) is 2.23. The minimum atomic E-state index is -0.752. The number of thioether (sulfide) groups is 1. The fourth-order valence-corrected chi connectivity index (χ4v) is 2.94. The molecule has 0 atom stereocenters. The Morgan fingerprint density at radius 1 is 1.30 bits per heavy atom. The highest BCUT2D eigenvalue weighted by atomic mass is 32.2. The molecule has 1 amide bonds. The van der Waals surface area contributed by atoms with Gasteiger partial charge in [-0.15, -0.1) is 10.2 Å². The number of hydrogen-bond acceptors (Lipinski definition) is 7. The van der Waals surface area contributed by atoms with Crippen LogP contribution in [0.5, 0.6) is 0 Å². The summed E-state index contributed by atoms with van der Waals surface area (Å²) in [5.74, 6) is -0.722. The van der Waals surface area contributed by atoms with Gasteiger partial charge >= 0.3 is 0 Å². The summed E-state index contributed by atoms with van der Waals surface area (Å²) in [7, 11) is 1.76. The van der Waals surface area contributed by atoms with E-state index < -0.39 is 16.6 Å². The monoisotopic (exact) mass is 388 g/mol. The van der Waals surface area contributed by atoms with Gasteiger partial charge in [-0.25, -0.2) is 4.39 Å². The molecule has 3 rings (SSSR count). The Kier molecular flexibility index (Phi) is 5.41. The van der Waals surface area contributed by atoms with Crippen molar-refractivity contribution in [3.63, 3.8) is 0 Å².